The Morgan fingerprint density at radius 2 is 2.05 bits per heavy atom. The van der Waals surface area contributed by atoms with E-state index in [-0.39, 0.29) is 16.6 Å². The lowest BCUT2D eigenvalue weighted by molar-refractivity contribution is -0.384. The van der Waals surface area contributed by atoms with E-state index in [9.17, 15) is 14.9 Å². The molecule has 0 aliphatic carbocycles. The second-order valence-electron chi connectivity index (χ2n) is 4.99. The lowest BCUT2D eigenvalue weighted by Gasteiger charge is -2.25. The summed E-state index contributed by atoms with van der Waals surface area (Å²) in [6.07, 6.45) is 0. The summed E-state index contributed by atoms with van der Waals surface area (Å²) in [5, 5.41) is 16.6. The fourth-order valence-corrected chi connectivity index (χ4v) is 1.97. The minimum Gasteiger partial charge on any atom is -0.324 e. The van der Waals surface area contributed by atoms with Gasteiger partial charge in [-0.2, -0.15) is 0 Å². The van der Waals surface area contributed by atoms with Crippen LogP contribution in [-0.2, 0) is 4.79 Å². The molecule has 1 aromatic carbocycles. The third kappa shape index (κ3) is 3.68. The van der Waals surface area contributed by atoms with Crippen LogP contribution in [0.25, 0.3) is 0 Å². The van der Waals surface area contributed by atoms with Crippen LogP contribution in [0.4, 0.5) is 11.4 Å². The first-order chi connectivity index (χ1) is 9.19. The number of hydrogen-bond donors (Lipinski definition) is 2. The third-order valence-electron chi connectivity index (χ3n) is 2.93. The smallest absolute Gasteiger partial charge is 0.288 e. The number of carbonyl (C=O) groups is 1. The summed E-state index contributed by atoms with van der Waals surface area (Å²) in [4.78, 5) is 22.4. The maximum absolute atomic E-state index is 12.2. The molecule has 110 valence electrons. The minimum absolute atomic E-state index is 0.00263. The Kier molecular flexibility index (Phi) is 5.08. The number of amides is 1. The van der Waals surface area contributed by atoms with Crippen molar-refractivity contribution in [3.8, 4) is 0 Å². The van der Waals surface area contributed by atoms with Gasteiger partial charge in [0, 0.05) is 11.8 Å². The van der Waals surface area contributed by atoms with Crippen LogP contribution in [0.5, 0.6) is 0 Å². The highest BCUT2D eigenvalue weighted by Gasteiger charge is 2.27. The molecular formula is C13H18ClN3O3. The predicted octanol–water partition coefficient (Wildman–Crippen LogP) is 2.88. The van der Waals surface area contributed by atoms with E-state index >= 15 is 0 Å². The van der Waals surface area contributed by atoms with Crippen molar-refractivity contribution >= 4 is 28.9 Å². The Morgan fingerprint density at radius 3 is 2.55 bits per heavy atom. The summed E-state index contributed by atoms with van der Waals surface area (Å²) in [5.41, 5.74) is 0.140. The second kappa shape index (κ2) is 6.19. The van der Waals surface area contributed by atoms with E-state index in [2.05, 4.69) is 10.6 Å². The molecule has 0 aromatic heterocycles. The average molecular weight is 300 g/mol. The maximum Gasteiger partial charge on any atom is 0.288 e. The van der Waals surface area contributed by atoms with Crippen LogP contribution in [0.1, 0.15) is 26.3 Å². The molecule has 0 fully saturated rings. The molecule has 0 unspecified atom stereocenters. The van der Waals surface area contributed by atoms with E-state index in [0.29, 0.717) is 17.8 Å². The van der Waals surface area contributed by atoms with E-state index in [0.717, 1.165) is 0 Å². The van der Waals surface area contributed by atoms with Crippen LogP contribution in [0, 0.1) is 17.0 Å². The predicted molar refractivity (Wildman–Crippen MR) is 79.2 cm³/mol. The zero-order valence-electron chi connectivity index (χ0n) is 11.9. The van der Waals surface area contributed by atoms with Gasteiger partial charge in [0.15, 0.2) is 0 Å². The molecule has 0 aliphatic heterocycles. The summed E-state index contributed by atoms with van der Waals surface area (Å²) in [6, 6.07) is 2.74. The molecule has 20 heavy (non-hydrogen) atoms. The molecule has 1 amide bonds. The van der Waals surface area contributed by atoms with E-state index < -0.39 is 10.5 Å². The van der Waals surface area contributed by atoms with Crippen LogP contribution in [0.2, 0.25) is 5.02 Å². The van der Waals surface area contributed by atoms with Gasteiger partial charge in [-0.3, -0.25) is 14.9 Å². The topological polar surface area (TPSA) is 84.3 Å². The summed E-state index contributed by atoms with van der Waals surface area (Å²) in [5.74, 6) is -0.229. The van der Waals surface area contributed by atoms with Crippen molar-refractivity contribution in [3.05, 3.63) is 32.8 Å². The van der Waals surface area contributed by atoms with E-state index in [1.54, 1.807) is 20.8 Å². The first-order valence-corrected chi connectivity index (χ1v) is 6.58. The Balaban J connectivity index is 3.02. The number of halogens is 1. The quantitative estimate of drug-likeness (QED) is 0.647. The summed E-state index contributed by atoms with van der Waals surface area (Å²) < 4.78 is 0. The monoisotopic (exact) mass is 299 g/mol. The molecule has 6 nitrogen and oxygen atoms in total. The summed E-state index contributed by atoms with van der Waals surface area (Å²) in [7, 11) is 0. The number of hydrogen-bond acceptors (Lipinski definition) is 4. The Hall–Kier alpha value is -1.66. The Labute approximate surface area is 122 Å². The molecule has 0 aliphatic rings. The molecule has 1 rings (SSSR count). The van der Waals surface area contributed by atoms with Crippen molar-refractivity contribution in [1.29, 1.82) is 0 Å². The van der Waals surface area contributed by atoms with Gasteiger partial charge in [0.1, 0.15) is 5.02 Å². The van der Waals surface area contributed by atoms with E-state index in [1.807, 2.05) is 6.92 Å². The number of nitrogens with zero attached hydrogens (tertiary/aromatic N) is 1. The zero-order chi connectivity index (χ0) is 15.5. The molecule has 0 spiro atoms. The van der Waals surface area contributed by atoms with Crippen LogP contribution in [-0.4, -0.2) is 22.9 Å². The molecule has 2 N–H and O–H groups in total. The van der Waals surface area contributed by atoms with Crippen LogP contribution in [0.15, 0.2) is 12.1 Å². The standard InChI is InChI=1S/C13H18ClN3O3/c1-5-15-13(3,4)12(18)16-10-7-9(14)11(17(19)20)6-8(10)2/h6-7,15H,5H2,1-4H3,(H,16,18). The second-order valence-corrected chi connectivity index (χ2v) is 5.39. The van der Waals surface area contributed by atoms with Crippen molar-refractivity contribution in [2.45, 2.75) is 33.2 Å². The fraction of sp³-hybridized carbons (Fsp3) is 0.462. The first-order valence-electron chi connectivity index (χ1n) is 6.20. The molecule has 0 heterocycles. The number of nitro groups is 1. The lowest BCUT2D eigenvalue weighted by Crippen LogP contribution is -2.49. The number of aryl methyl sites for hydroxylation is 1. The van der Waals surface area contributed by atoms with Gasteiger partial charge in [0.05, 0.1) is 10.5 Å². The highest BCUT2D eigenvalue weighted by atomic mass is 35.5. The van der Waals surface area contributed by atoms with Crippen molar-refractivity contribution in [3.63, 3.8) is 0 Å². The van der Waals surface area contributed by atoms with Gasteiger partial charge in [-0.15, -0.1) is 0 Å². The number of nitrogens with one attached hydrogen (secondary N) is 2. The van der Waals surface area contributed by atoms with Crippen LogP contribution in [0.3, 0.4) is 0 Å². The van der Waals surface area contributed by atoms with Crippen LogP contribution < -0.4 is 10.6 Å². The largest absolute Gasteiger partial charge is 0.324 e. The van der Waals surface area contributed by atoms with Gasteiger partial charge >= 0.3 is 0 Å². The van der Waals surface area contributed by atoms with Gasteiger partial charge in [-0.1, -0.05) is 18.5 Å². The molecule has 0 saturated heterocycles. The lowest BCUT2D eigenvalue weighted by atomic mass is 10.0. The molecule has 0 radical (unpaired) electrons. The zero-order valence-corrected chi connectivity index (χ0v) is 12.7. The highest BCUT2D eigenvalue weighted by molar-refractivity contribution is 6.33. The summed E-state index contributed by atoms with van der Waals surface area (Å²) >= 11 is 5.85. The SMILES string of the molecule is CCNC(C)(C)C(=O)Nc1cc(Cl)c([N+](=O)[O-])cc1C. The number of nitro benzene ring substituents is 1. The number of benzene rings is 1. The average Bonchev–Trinajstić information content (AvgIpc) is 2.32. The number of carbonyl (C=O) groups excluding carboxylic acids is 1. The number of rotatable bonds is 5. The van der Waals surface area contributed by atoms with Crippen molar-refractivity contribution in [2.75, 3.05) is 11.9 Å². The fourth-order valence-electron chi connectivity index (χ4n) is 1.74. The molecule has 0 saturated carbocycles. The van der Waals surface area contributed by atoms with Gasteiger partial charge < -0.3 is 10.6 Å². The maximum atomic E-state index is 12.2. The van der Waals surface area contributed by atoms with E-state index in [4.69, 9.17) is 11.6 Å². The van der Waals surface area contributed by atoms with Crippen LogP contribution >= 0.6 is 11.6 Å². The minimum atomic E-state index is -0.741. The Bertz CT molecular complexity index is 544. The molecule has 0 atom stereocenters. The van der Waals surface area contributed by atoms with Crippen molar-refractivity contribution < 1.29 is 9.72 Å². The Morgan fingerprint density at radius 1 is 1.45 bits per heavy atom. The normalized spacial score (nSPS) is 11.2. The first kappa shape index (κ1) is 16.4. The van der Waals surface area contributed by atoms with Gasteiger partial charge in [-0.05, 0) is 38.9 Å². The highest BCUT2D eigenvalue weighted by Crippen LogP contribution is 2.30. The van der Waals surface area contributed by atoms with Crippen molar-refractivity contribution in [1.82, 2.24) is 5.32 Å². The molecule has 0 bridgehead atoms. The number of anilines is 1. The molecule has 7 heteroatoms. The van der Waals surface area contributed by atoms with Gasteiger partial charge in [0.25, 0.3) is 5.69 Å². The van der Waals surface area contributed by atoms with Gasteiger partial charge in [0.2, 0.25) is 5.91 Å². The van der Waals surface area contributed by atoms with Gasteiger partial charge in [-0.25, -0.2) is 0 Å². The molecule has 1 aromatic rings. The summed E-state index contributed by atoms with van der Waals surface area (Å²) in [6.45, 7) is 7.75. The molecular weight excluding hydrogens is 282 g/mol. The third-order valence-corrected chi connectivity index (χ3v) is 3.23. The van der Waals surface area contributed by atoms with Crippen molar-refractivity contribution in [2.24, 2.45) is 0 Å². The van der Waals surface area contributed by atoms with E-state index in [1.165, 1.54) is 12.1 Å². The number of likely N-dealkylation sites (N-methyl/N-ethyl adjacent to an activating group) is 1.